The third kappa shape index (κ3) is 3.76. The lowest BCUT2D eigenvalue weighted by atomic mass is 9.99. The first-order valence-electron chi connectivity index (χ1n) is 8.71. The van der Waals surface area contributed by atoms with Crippen molar-refractivity contribution in [3.63, 3.8) is 0 Å². The van der Waals surface area contributed by atoms with Crippen LogP contribution < -0.4 is 0 Å². The van der Waals surface area contributed by atoms with Crippen LogP contribution in [0.4, 0.5) is 0 Å². The van der Waals surface area contributed by atoms with E-state index in [2.05, 4.69) is 6.58 Å². The van der Waals surface area contributed by atoms with Gasteiger partial charge in [-0.2, -0.15) is 0 Å². The molecule has 1 atom stereocenters. The first-order chi connectivity index (χ1) is 13.3. The number of phenols is 2. The number of Topliss-reactive ketones (excluding diaryl/α,β-unsaturated/α-hetero) is 1. The molecule has 28 heavy (non-hydrogen) atoms. The Balaban J connectivity index is 1.87. The number of phenolic OH excluding ortho intramolecular Hbond substituents is 2. The molecule has 0 saturated heterocycles. The second kappa shape index (κ2) is 7.60. The molecule has 1 aromatic carbocycles. The number of fused-ring (bicyclic) bond motifs is 1. The van der Waals surface area contributed by atoms with Crippen LogP contribution in [-0.4, -0.2) is 32.9 Å². The summed E-state index contributed by atoms with van der Waals surface area (Å²) in [4.78, 5) is 23.4. The van der Waals surface area contributed by atoms with Crippen LogP contribution in [0.15, 0.2) is 71.8 Å². The quantitative estimate of drug-likeness (QED) is 0.617. The van der Waals surface area contributed by atoms with Gasteiger partial charge in [-0.15, -0.1) is 0 Å². The summed E-state index contributed by atoms with van der Waals surface area (Å²) in [6.45, 7) is 7.40. The van der Waals surface area contributed by atoms with Crippen LogP contribution in [-0.2, 0) is 14.3 Å². The summed E-state index contributed by atoms with van der Waals surface area (Å²) in [6, 6.07) is 2.45. The minimum Gasteiger partial charge on any atom is -0.508 e. The third-order valence-electron chi connectivity index (χ3n) is 4.38. The molecule has 1 heterocycles. The maximum Gasteiger partial charge on any atom is 0.522 e. The van der Waals surface area contributed by atoms with Crippen LogP contribution in [0.25, 0.3) is 0 Å². The molecule has 0 bridgehead atoms. The summed E-state index contributed by atoms with van der Waals surface area (Å²) in [7, 11) is 0. The normalized spacial score (nSPS) is 19.2. The molecule has 0 amide bonds. The Hall–Kier alpha value is -3.54. The van der Waals surface area contributed by atoms with Crippen molar-refractivity contribution in [1.29, 1.82) is 0 Å². The van der Waals surface area contributed by atoms with Gasteiger partial charge in [-0.3, -0.25) is 4.79 Å². The lowest BCUT2D eigenvalue weighted by Gasteiger charge is -2.15. The van der Waals surface area contributed by atoms with E-state index in [0.29, 0.717) is 28.0 Å². The van der Waals surface area contributed by atoms with Gasteiger partial charge in [0.1, 0.15) is 23.5 Å². The Morgan fingerprint density at radius 2 is 2.11 bits per heavy atom. The maximum atomic E-state index is 13.0. The number of allylic oxidation sites excluding steroid dienone is 5. The SMILES string of the molecule is C=C1C=C2C=C(/C=C/C)OC=C2C(=O)C(OC(=[OH+])c2c(C)cc(O)cc2O)C1. The van der Waals surface area contributed by atoms with Crippen LogP contribution >= 0.6 is 0 Å². The van der Waals surface area contributed by atoms with E-state index < -0.39 is 12.1 Å². The van der Waals surface area contributed by atoms with Gasteiger partial charge in [0.2, 0.25) is 5.78 Å². The van der Waals surface area contributed by atoms with E-state index in [4.69, 9.17) is 9.47 Å². The predicted octanol–water partition coefficient (Wildman–Crippen LogP) is 3.47. The number of esters is 1. The number of aromatic hydroxyl groups is 2. The van der Waals surface area contributed by atoms with Crippen molar-refractivity contribution in [2.24, 2.45) is 0 Å². The highest BCUT2D eigenvalue weighted by Crippen LogP contribution is 2.32. The molecule has 1 aromatic rings. The number of hydrogen-bond donors (Lipinski definition) is 2. The van der Waals surface area contributed by atoms with Crippen molar-refractivity contribution in [1.82, 2.24) is 0 Å². The molecule has 0 radical (unpaired) electrons. The average molecular weight is 381 g/mol. The molecule has 1 unspecified atom stereocenters. The number of carbonyl (C=O) groups is 1. The highest BCUT2D eigenvalue weighted by atomic mass is 16.5. The van der Waals surface area contributed by atoms with Crippen molar-refractivity contribution < 1.29 is 29.3 Å². The predicted molar refractivity (Wildman–Crippen MR) is 104 cm³/mol. The summed E-state index contributed by atoms with van der Waals surface area (Å²) in [5.74, 6) is -0.882. The van der Waals surface area contributed by atoms with Crippen molar-refractivity contribution in [3.8, 4) is 11.5 Å². The van der Waals surface area contributed by atoms with Gasteiger partial charge in [0.15, 0.2) is 5.56 Å². The van der Waals surface area contributed by atoms with Gasteiger partial charge in [-0.1, -0.05) is 18.7 Å². The first kappa shape index (κ1) is 19.2. The number of rotatable bonds is 3. The van der Waals surface area contributed by atoms with E-state index in [9.17, 15) is 19.8 Å². The van der Waals surface area contributed by atoms with Crippen molar-refractivity contribution in [2.75, 3.05) is 0 Å². The Labute approximate surface area is 162 Å². The molecule has 0 spiro atoms. The van der Waals surface area contributed by atoms with E-state index in [1.807, 2.05) is 13.0 Å². The van der Waals surface area contributed by atoms with Crippen LogP contribution in [0.2, 0.25) is 0 Å². The zero-order valence-electron chi connectivity index (χ0n) is 15.6. The molecule has 1 aliphatic heterocycles. The second-order valence-corrected chi connectivity index (χ2v) is 6.59. The highest BCUT2D eigenvalue weighted by molar-refractivity contribution is 6.06. The van der Waals surface area contributed by atoms with E-state index in [-0.39, 0.29) is 29.3 Å². The Morgan fingerprint density at radius 3 is 2.79 bits per heavy atom. The van der Waals surface area contributed by atoms with Gasteiger partial charge in [0.25, 0.3) is 6.10 Å². The van der Waals surface area contributed by atoms with Gasteiger partial charge >= 0.3 is 5.97 Å². The monoisotopic (exact) mass is 381 g/mol. The number of benzene rings is 1. The van der Waals surface area contributed by atoms with Crippen LogP contribution in [0.1, 0.15) is 24.5 Å². The molecular formula is C22H21O6+. The summed E-state index contributed by atoms with van der Waals surface area (Å²) >= 11 is 0. The van der Waals surface area contributed by atoms with Gasteiger partial charge in [0, 0.05) is 12.5 Å². The molecular weight excluding hydrogens is 360 g/mol. The highest BCUT2D eigenvalue weighted by Gasteiger charge is 2.38. The number of ether oxygens (including phenoxy) is 2. The standard InChI is InChI=1S/C22H20O6/c1-4-5-16-9-14-6-12(2)7-19(21(25)17(14)11-27-16)28-22(26)20-13(3)8-15(23)10-18(20)24/h4-6,8-11,19,23-24H,2,7H2,1,3H3/p+1/b5-4+. The van der Waals surface area contributed by atoms with Gasteiger partial charge in [-0.05, 0) is 48.8 Å². The average Bonchev–Trinajstić information content (AvgIpc) is 2.70. The maximum absolute atomic E-state index is 13.0. The lowest BCUT2D eigenvalue weighted by molar-refractivity contribution is -0.122. The van der Waals surface area contributed by atoms with Crippen LogP contribution in [0.5, 0.6) is 11.5 Å². The van der Waals surface area contributed by atoms with Crippen LogP contribution in [0.3, 0.4) is 0 Å². The molecule has 0 fully saturated rings. The van der Waals surface area contributed by atoms with E-state index in [0.717, 1.165) is 6.07 Å². The van der Waals surface area contributed by atoms with Crippen molar-refractivity contribution in [2.45, 2.75) is 26.4 Å². The van der Waals surface area contributed by atoms with Gasteiger partial charge in [-0.25, -0.2) is 0 Å². The van der Waals surface area contributed by atoms with E-state index >= 15 is 0 Å². The zero-order chi connectivity index (χ0) is 20.4. The van der Waals surface area contributed by atoms with Gasteiger partial charge in [0.05, 0.1) is 5.57 Å². The summed E-state index contributed by atoms with van der Waals surface area (Å²) < 4.78 is 11.0. The molecule has 0 saturated carbocycles. The fourth-order valence-electron chi connectivity index (χ4n) is 3.13. The molecule has 0 aromatic heterocycles. The minimum absolute atomic E-state index is 0.0118. The third-order valence-corrected chi connectivity index (χ3v) is 4.38. The Morgan fingerprint density at radius 1 is 1.36 bits per heavy atom. The number of ketones is 1. The lowest BCUT2D eigenvalue weighted by Crippen LogP contribution is -2.29. The molecule has 3 N–H and O–H groups in total. The fraction of sp³-hybridized carbons (Fsp3) is 0.182. The van der Waals surface area contributed by atoms with Gasteiger partial charge < -0.3 is 24.5 Å². The van der Waals surface area contributed by atoms with Crippen molar-refractivity contribution in [3.05, 3.63) is 82.9 Å². The summed E-state index contributed by atoms with van der Waals surface area (Å²) in [5.41, 5.74) is 2.03. The Bertz CT molecular complexity index is 967. The second-order valence-electron chi connectivity index (χ2n) is 6.59. The smallest absolute Gasteiger partial charge is 0.508 e. The van der Waals surface area contributed by atoms with E-state index in [1.165, 1.54) is 12.3 Å². The van der Waals surface area contributed by atoms with E-state index in [1.54, 1.807) is 25.2 Å². The largest absolute Gasteiger partial charge is 0.522 e. The molecule has 2 aliphatic rings. The number of carbonyl (C=O) groups excluding carboxylic acids is 2. The number of aryl methyl sites for hydroxylation is 1. The molecule has 6 nitrogen and oxygen atoms in total. The van der Waals surface area contributed by atoms with Crippen LogP contribution in [0, 0.1) is 6.92 Å². The summed E-state index contributed by atoms with van der Waals surface area (Å²) in [6.07, 6.45) is 7.59. The van der Waals surface area contributed by atoms with Crippen molar-refractivity contribution >= 4 is 11.8 Å². The Kier molecular flexibility index (Phi) is 5.22. The molecule has 144 valence electrons. The molecule has 3 rings (SSSR count). The summed E-state index contributed by atoms with van der Waals surface area (Å²) in [5, 5.41) is 19.6. The zero-order valence-corrected chi connectivity index (χ0v) is 15.6. The first-order valence-corrected chi connectivity index (χ1v) is 8.71. The minimum atomic E-state index is -1.04. The number of hydrogen-bond acceptors (Lipinski definition) is 5. The molecule has 1 aliphatic carbocycles. The molecule has 6 heteroatoms. The fourth-order valence-corrected chi connectivity index (χ4v) is 3.13. The topological polar surface area (TPSA) is 97.4 Å².